The minimum atomic E-state index is -3.84. The quantitative estimate of drug-likeness (QED) is 0.548. The Labute approximate surface area is 207 Å². The zero-order chi connectivity index (χ0) is 25.0. The van der Waals surface area contributed by atoms with Crippen LogP contribution in [0.5, 0.6) is 5.75 Å². The number of benzene rings is 3. The molecule has 0 atom stereocenters. The van der Waals surface area contributed by atoms with Crippen LogP contribution in [-0.2, 0) is 10.0 Å². The van der Waals surface area contributed by atoms with Crippen molar-refractivity contribution in [3.8, 4) is 5.75 Å². The first-order chi connectivity index (χ1) is 16.8. The van der Waals surface area contributed by atoms with E-state index in [0.29, 0.717) is 30.9 Å². The van der Waals surface area contributed by atoms with Gasteiger partial charge >= 0.3 is 0 Å². The Kier molecular flexibility index (Phi) is 7.31. The van der Waals surface area contributed by atoms with E-state index in [1.54, 1.807) is 31.4 Å². The number of anilines is 2. The third-order valence-electron chi connectivity index (χ3n) is 6.36. The lowest BCUT2D eigenvalue weighted by atomic mass is 10.1. The second-order valence-corrected chi connectivity index (χ2v) is 10.4. The molecule has 1 N–H and O–H groups in total. The average molecular weight is 494 g/mol. The molecule has 1 aliphatic heterocycles. The minimum Gasteiger partial charge on any atom is -0.497 e. The lowest BCUT2D eigenvalue weighted by Crippen LogP contribution is -2.35. The largest absolute Gasteiger partial charge is 0.497 e. The van der Waals surface area contributed by atoms with E-state index in [-0.39, 0.29) is 10.8 Å². The molecule has 1 saturated heterocycles. The molecule has 8 heteroatoms. The predicted octanol–water partition coefficient (Wildman–Crippen LogP) is 4.47. The molecule has 4 rings (SSSR count). The van der Waals surface area contributed by atoms with E-state index in [1.807, 2.05) is 55.1 Å². The minimum absolute atomic E-state index is 0.0735. The molecule has 0 radical (unpaired) electrons. The van der Waals surface area contributed by atoms with Gasteiger partial charge in [0, 0.05) is 37.4 Å². The van der Waals surface area contributed by atoms with E-state index in [2.05, 4.69) is 9.62 Å². The highest BCUT2D eigenvalue weighted by atomic mass is 32.2. The standard InChI is InChI=1S/C27H31N3O4S/c1-20-9-14-24(35(32,33)28-26-8-5-4-7-21(26)2)19-25(20)27(31)30-16-6-15-29(17-18-30)22-10-12-23(34-3)13-11-22/h4-5,7-14,19,28H,6,15-18H2,1-3H3. The number of carbonyl (C=O) groups excluding carboxylic acids is 1. The van der Waals surface area contributed by atoms with Gasteiger partial charge in [0.1, 0.15) is 5.75 Å². The molecule has 1 aliphatic rings. The number of ether oxygens (including phenoxy) is 1. The maximum absolute atomic E-state index is 13.5. The molecule has 184 valence electrons. The number of rotatable bonds is 6. The average Bonchev–Trinajstić information content (AvgIpc) is 3.11. The van der Waals surface area contributed by atoms with Crippen LogP contribution in [0.4, 0.5) is 11.4 Å². The Bertz CT molecular complexity index is 1310. The zero-order valence-electron chi connectivity index (χ0n) is 20.3. The van der Waals surface area contributed by atoms with Gasteiger partial charge in [-0.2, -0.15) is 0 Å². The van der Waals surface area contributed by atoms with E-state index in [1.165, 1.54) is 6.07 Å². The van der Waals surface area contributed by atoms with Gasteiger partial charge in [-0.05, 0) is 73.9 Å². The van der Waals surface area contributed by atoms with E-state index in [9.17, 15) is 13.2 Å². The van der Waals surface area contributed by atoms with Gasteiger partial charge in [0.25, 0.3) is 15.9 Å². The van der Waals surface area contributed by atoms with Crippen molar-refractivity contribution in [2.45, 2.75) is 25.2 Å². The van der Waals surface area contributed by atoms with Gasteiger partial charge in [0.2, 0.25) is 0 Å². The summed E-state index contributed by atoms with van der Waals surface area (Å²) in [5.41, 5.74) is 3.60. The predicted molar refractivity (Wildman–Crippen MR) is 139 cm³/mol. The molecule has 3 aromatic rings. The van der Waals surface area contributed by atoms with Gasteiger partial charge in [-0.25, -0.2) is 8.42 Å². The molecule has 0 bridgehead atoms. The third-order valence-corrected chi connectivity index (χ3v) is 7.72. The first-order valence-electron chi connectivity index (χ1n) is 11.7. The SMILES string of the molecule is COc1ccc(N2CCCN(C(=O)c3cc(S(=O)(=O)Nc4ccccc4C)ccc3C)CC2)cc1. The first-order valence-corrected chi connectivity index (χ1v) is 13.1. The monoisotopic (exact) mass is 493 g/mol. The summed E-state index contributed by atoms with van der Waals surface area (Å²) >= 11 is 0. The molecule has 1 fully saturated rings. The fourth-order valence-corrected chi connectivity index (χ4v) is 5.39. The maximum atomic E-state index is 13.5. The summed E-state index contributed by atoms with van der Waals surface area (Å²) in [6, 6.07) is 19.8. The van der Waals surface area contributed by atoms with Crippen LogP contribution in [0.1, 0.15) is 27.9 Å². The summed E-state index contributed by atoms with van der Waals surface area (Å²) in [4.78, 5) is 17.6. The Morgan fingerprint density at radius 2 is 1.63 bits per heavy atom. The zero-order valence-corrected chi connectivity index (χ0v) is 21.1. The second kappa shape index (κ2) is 10.4. The van der Waals surface area contributed by atoms with Gasteiger partial charge < -0.3 is 14.5 Å². The summed E-state index contributed by atoms with van der Waals surface area (Å²) in [5, 5.41) is 0. The molecule has 1 heterocycles. The highest BCUT2D eigenvalue weighted by molar-refractivity contribution is 7.92. The normalized spacial score (nSPS) is 14.4. The first kappa shape index (κ1) is 24.6. The van der Waals surface area contributed by atoms with Gasteiger partial charge in [-0.15, -0.1) is 0 Å². The third kappa shape index (κ3) is 5.59. The van der Waals surface area contributed by atoms with Gasteiger partial charge in [-0.3, -0.25) is 9.52 Å². The van der Waals surface area contributed by atoms with Crippen LogP contribution in [0.25, 0.3) is 0 Å². The molecule has 1 amide bonds. The lowest BCUT2D eigenvalue weighted by Gasteiger charge is -2.24. The van der Waals surface area contributed by atoms with Crippen molar-refractivity contribution < 1.29 is 17.9 Å². The smallest absolute Gasteiger partial charge is 0.261 e. The number of methoxy groups -OCH3 is 1. The molecule has 0 unspecified atom stereocenters. The summed E-state index contributed by atoms with van der Waals surface area (Å²) in [6.45, 7) is 6.39. The van der Waals surface area contributed by atoms with Crippen LogP contribution in [0.2, 0.25) is 0 Å². The Morgan fingerprint density at radius 3 is 2.34 bits per heavy atom. The topological polar surface area (TPSA) is 79.0 Å². The number of carbonyl (C=O) groups is 1. The molecule has 0 aliphatic carbocycles. The molecular weight excluding hydrogens is 462 g/mol. The number of nitrogens with zero attached hydrogens (tertiary/aromatic N) is 2. The van der Waals surface area contributed by atoms with E-state index in [0.717, 1.165) is 35.5 Å². The van der Waals surface area contributed by atoms with Crippen LogP contribution in [0, 0.1) is 13.8 Å². The van der Waals surface area contributed by atoms with Crippen LogP contribution in [0.15, 0.2) is 71.6 Å². The van der Waals surface area contributed by atoms with Crippen molar-refractivity contribution in [2.24, 2.45) is 0 Å². The fourth-order valence-electron chi connectivity index (χ4n) is 4.23. The number of sulfonamides is 1. The molecule has 3 aromatic carbocycles. The number of hydrogen-bond acceptors (Lipinski definition) is 5. The number of nitrogens with one attached hydrogen (secondary N) is 1. The van der Waals surface area contributed by atoms with E-state index >= 15 is 0 Å². The fraction of sp³-hybridized carbons (Fsp3) is 0.296. The lowest BCUT2D eigenvalue weighted by molar-refractivity contribution is 0.0766. The molecular formula is C27H31N3O4S. The Balaban J connectivity index is 1.51. The summed E-state index contributed by atoms with van der Waals surface area (Å²) in [6.07, 6.45) is 0.823. The van der Waals surface area contributed by atoms with Gasteiger partial charge in [0.15, 0.2) is 0 Å². The van der Waals surface area contributed by atoms with Gasteiger partial charge in [0.05, 0.1) is 17.7 Å². The number of aryl methyl sites for hydroxylation is 2. The Hall–Kier alpha value is -3.52. The Morgan fingerprint density at radius 1 is 0.886 bits per heavy atom. The van der Waals surface area contributed by atoms with Crippen molar-refractivity contribution in [3.63, 3.8) is 0 Å². The van der Waals surface area contributed by atoms with Crippen molar-refractivity contribution in [2.75, 3.05) is 42.9 Å². The maximum Gasteiger partial charge on any atom is 0.261 e. The van der Waals surface area contributed by atoms with Crippen LogP contribution in [0.3, 0.4) is 0 Å². The second-order valence-electron chi connectivity index (χ2n) is 8.73. The summed E-state index contributed by atoms with van der Waals surface area (Å²) in [7, 11) is -2.19. The molecule has 0 saturated carbocycles. The number of hydrogen-bond donors (Lipinski definition) is 1. The van der Waals surface area contributed by atoms with Crippen molar-refractivity contribution in [1.82, 2.24) is 4.90 Å². The summed E-state index contributed by atoms with van der Waals surface area (Å²) < 4.78 is 34.0. The summed E-state index contributed by atoms with van der Waals surface area (Å²) in [5.74, 6) is 0.662. The van der Waals surface area contributed by atoms with Crippen molar-refractivity contribution in [1.29, 1.82) is 0 Å². The van der Waals surface area contributed by atoms with Crippen LogP contribution < -0.4 is 14.4 Å². The molecule has 35 heavy (non-hydrogen) atoms. The van der Waals surface area contributed by atoms with E-state index in [4.69, 9.17) is 4.74 Å². The molecule has 7 nitrogen and oxygen atoms in total. The van der Waals surface area contributed by atoms with Crippen molar-refractivity contribution >= 4 is 27.3 Å². The number of amides is 1. The highest BCUT2D eigenvalue weighted by Gasteiger charge is 2.24. The van der Waals surface area contributed by atoms with E-state index < -0.39 is 10.0 Å². The van der Waals surface area contributed by atoms with Gasteiger partial charge in [-0.1, -0.05) is 24.3 Å². The molecule has 0 aromatic heterocycles. The molecule has 0 spiro atoms. The highest BCUT2D eigenvalue weighted by Crippen LogP contribution is 2.24. The van der Waals surface area contributed by atoms with Crippen LogP contribution in [-0.4, -0.2) is 52.5 Å². The van der Waals surface area contributed by atoms with Crippen molar-refractivity contribution in [3.05, 3.63) is 83.4 Å². The van der Waals surface area contributed by atoms with Crippen LogP contribution >= 0.6 is 0 Å². The number of para-hydroxylation sites is 1.